The van der Waals surface area contributed by atoms with Crippen molar-refractivity contribution in [3.05, 3.63) is 47.9 Å². The van der Waals surface area contributed by atoms with E-state index in [0.29, 0.717) is 30.1 Å². The number of ether oxygens (including phenoxy) is 2. The van der Waals surface area contributed by atoms with E-state index in [0.717, 1.165) is 24.0 Å². The molecule has 1 N–H and O–H groups in total. The summed E-state index contributed by atoms with van der Waals surface area (Å²) in [7, 11) is 1.82. The summed E-state index contributed by atoms with van der Waals surface area (Å²) in [6.07, 6.45) is 6.15. The number of hydrogen-bond acceptors (Lipinski definition) is 7. The van der Waals surface area contributed by atoms with Crippen LogP contribution in [0.3, 0.4) is 0 Å². The van der Waals surface area contributed by atoms with Gasteiger partial charge in [0.2, 0.25) is 6.79 Å². The molecular formula is C22H22N4O5. The number of rotatable bonds is 3. The molecule has 9 nitrogen and oxygen atoms in total. The number of benzene rings is 1. The Morgan fingerprint density at radius 1 is 1.16 bits per heavy atom. The molecule has 3 aromatic rings. The number of fused-ring (bicyclic) bond motifs is 3. The van der Waals surface area contributed by atoms with Gasteiger partial charge in [0.25, 0.3) is 5.91 Å². The molecule has 9 heteroatoms. The summed E-state index contributed by atoms with van der Waals surface area (Å²) >= 11 is 0. The lowest BCUT2D eigenvalue weighted by Gasteiger charge is -2.43. The molecule has 2 aromatic heterocycles. The molecule has 0 saturated carbocycles. The normalized spacial score (nSPS) is 26.5. The van der Waals surface area contributed by atoms with Gasteiger partial charge in [-0.25, -0.2) is 0 Å². The van der Waals surface area contributed by atoms with E-state index >= 15 is 0 Å². The van der Waals surface area contributed by atoms with Gasteiger partial charge in [-0.3, -0.25) is 9.48 Å². The Bertz CT molecular complexity index is 1150. The van der Waals surface area contributed by atoms with Crippen LogP contribution < -0.4 is 9.47 Å². The summed E-state index contributed by atoms with van der Waals surface area (Å²) in [6.45, 7) is 0.198. The number of amides is 1. The van der Waals surface area contributed by atoms with Gasteiger partial charge in [0, 0.05) is 44.2 Å². The van der Waals surface area contributed by atoms with E-state index in [4.69, 9.17) is 14.0 Å². The number of carbonyl (C=O) groups is 1. The van der Waals surface area contributed by atoms with Crippen LogP contribution in [0, 0.1) is 0 Å². The molecule has 2 saturated heterocycles. The molecule has 0 radical (unpaired) electrons. The van der Waals surface area contributed by atoms with E-state index in [9.17, 15) is 9.90 Å². The van der Waals surface area contributed by atoms with Crippen molar-refractivity contribution >= 4 is 5.91 Å². The van der Waals surface area contributed by atoms with Crippen LogP contribution in [0.25, 0.3) is 11.3 Å². The number of aromatic nitrogens is 3. The topological polar surface area (TPSA) is 103 Å². The molecule has 3 aliphatic heterocycles. The van der Waals surface area contributed by atoms with E-state index in [-0.39, 0.29) is 30.5 Å². The third kappa shape index (κ3) is 2.91. The molecule has 1 amide bonds. The van der Waals surface area contributed by atoms with Crippen molar-refractivity contribution in [3.63, 3.8) is 0 Å². The highest BCUT2D eigenvalue weighted by molar-refractivity contribution is 5.94. The number of piperidine rings is 1. The SMILES string of the molecule is Cn1cc(-c2cc(C(=O)N3[C@@H]4CC[C@@H]3CC(O)(c3ccc5c(c3)OCO5)C4)no2)cn1. The third-order valence-corrected chi connectivity index (χ3v) is 6.63. The minimum absolute atomic E-state index is 0.0554. The second kappa shape index (κ2) is 6.58. The average molecular weight is 422 g/mol. The highest BCUT2D eigenvalue weighted by Gasteiger charge is 2.50. The Hall–Kier alpha value is -3.33. The fraction of sp³-hybridized carbons (Fsp3) is 0.409. The molecule has 2 bridgehead atoms. The molecule has 0 spiro atoms. The standard InChI is InChI=1S/C22H22N4O5/c1-25-11-13(10-23-25)19-7-17(24-31-19)21(27)26-15-3-4-16(26)9-22(28,8-15)14-2-5-18-20(6-14)30-12-29-18/h2,5-7,10-11,15-16,28H,3-4,8-9,12H2,1H3/t15-,16-/m1/s1. The van der Waals surface area contributed by atoms with Gasteiger partial charge in [-0.05, 0) is 30.5 Å². The van der Waals surface area contributed by atoms with Gasteiger partial charge in [0.1, 0.15) is 0 Å². The minimum Gasteiger partial charge on any atom is -0.454 e. The average Bonchev–Trinajstić information content (AvgIpc) is 3.53. The van der Waals surface area contributed by atoms with Gasteiger partial charge in [-0.15, -0.1) is 0 Å². The summed E-state index contributed by atoms with van der Waals surface area (Å²) in [5, 5.41) is 19.6. The fourth-order valence-electron chi connectivity index (χ4n) is 5.17. The van der Waals surface area contributed by atoms with Gasteiger partial charge in [0.15, 0.2) is 23.0 Å². The van der Waals surface area contributed by atoms with Gasteiger partial charge in [0.05, 0.1) is 17.4 Å². The summed E-state index contributed by atoms with van der Waals surface area (Å²) in [5.74, 6) is 1.71. The summed E-state index contributed by atoms with van der Waals surface area (Å²) < 4.78 is 17.9. The lowest BCUT2D eigenvalue weighted by atomic mass is 9.80. The molecule has 3 aliphatic rings. The second-order valence-electron chi connectivity index (χ2n) is 8.58. The van der Waals surface area contributed by atoms with Crippen molar-refractivity contribution in [2.45, 2.75) is 43.4 Å². The lowest BCUT2D eigenvalue weighted by Crippen LogP contribution is -2.52. The highest BCUT2D eigenvalue weighted by atomic mass is 16.7. The van der Waals surface area contributed by atoms with Gasteiger partial charge >= 0.3 is 0 Å². The molecule has 0 aliphatic carbocycles. The Morgan fingerprint density at radius 2 is 1.94 bits per heavy atom. The van der Waals surface area contributed by atoms with E-state index in [1.165, 1.54) is 0 Å². The molecular weight excluding hydrogens is 400 g/mol. The lowest BCUT2D eigenvalue weighted by molar-refractivity contribution is -0.0482. The first kappa shape index (κ1) is 18.4. The predicted molar refractivity (Wildman–Crippen MR) is 107 cm³/mol. The Balaban J connectivity index is 1.24. The van der Waals surface area contributed by atoms with Crippen molar-refractivity contribution in [1.29, 1.82) is 0 Å². The van der Waals surface area contributed by atoms with Crippen LogP contribution in [-0.4, -0.2) is 49.7 Å². The zero-order chi connectivity index (χ0) is 21.2. The molecule has 5 heterocycles. The number of hydrogen-bond donors (Lipinski definition) is 1. The maximum Gasteiger partial charge on any atom is 0.276 e. The smallest absolute Gasteiger partial charge is 0.276 e. The van der Waals surface area contributed by atoms with E-state index in [2.05, 4.69) is 10.3 Å². The van der Waals surface area contributed by atoms with Crippen LogP contribution in [0.5, 0.6) is 11.5 Å². The van der Waals surface area contributed by atoms with E-state index in [1.807, 2.05) is 36.3 Å². The van der Waals surface area contributed by atoms with Gasteiger partial charge < -0.3 is 24.0 Å². The maximum atomic E-state index is 13.3. The van der Waals surface area contributed by atoms with Crippen molar-refractivity contribution < 1.29 is 23.9 Å². The van der Waals surface area contributed by atoms with Crippen molar-refractivity contribution in [2.75, 3.05) is 6.79 Å². The van der Waals surface area contributed by atoms with Crippen LogP contribution >= 0.6 is 0 Å². The van der Waals surface area contributed by atoms with Crippen LogP contribution in [0.1, 0.15) is 41.7 Å². The zero-order valence-corrected chi connectivity index (χ0v) is 17.0. The highest BCUT2D eigenvalue weighted by Crippen LogP contribution is 2.48. The van der Waals surface area contributed by atoms with Crippen molar-refractivity contribution in [2.24, 2.45) is 7.05 Å². The summed E-state index contributed by atoms with van der Waals surface area (Å²) in [6, 6.07) is 7.14. The largest absolute Gasteiger partial charge is 0.454 e. The number of aliphatic hydroxyl groups is 1. The quantitative estimate of drug-likeness (QED) is 0.692. The van der Waals surface area contributed by atoms with E-state index < -0.39 is 5.60 Å². The number of nitrogens with zero attached hydrogens (tertiary/aromatic N) is 4. The predicted octanol–water partition coefficient (Wildman–Crippen LogP) is 2.46. The van der Waals surface area contributed by atoms with Crippen molar-refractivity contribution in [1.82, 2.24) is 19.8 Å². The minimum atomic E-state index is -1.01. The monoisotopic (exact) mass is 422 g/mol. The van der Waals surface area contributed by atoms with Crippen molar-refractivity contribution in [3.8, 4) is 22.8 Å². The summed E-state index contributed by atoms with van der Waals surface area (Å²) in [5.41, 5.74) is 0.854. The number of aryl methyl sites for hydroxylation is 1. The maximum absolute atomic E-state index is 13.3. The molecule has 31 heavy (non-hydrogen) atoms. The van der Waals surface area contributed by atoms with Crippen LogP contribution in [-0.2, 0) is 12.6 Å². The van der Waals surface area contributed by atoms with Crippen LogP contribution in [0.15, 0.2) is 41.2 Å². The molecule has 1 aromatic carbocycles. The molecule has 160 valence electrons. The zero-order valence-electron chi connectivity index (χ0n) is 17.0. The third-order valence-electron chi connectivity index (χ3n) is 6.63. The van der Waals surface area contributed by atoms with Crippen LogP contribution in [0.4, 0.5) is 0 Å². The van der Waals surface area contributed by atoms with Crippen LogP contribution in [0.2, 0.25) is 0 Å². The molecule has 0 unspecified atom stereocenters. The molecule has 2 fully saturated rings. The number of carbonyl (C=O) groups excluding carboxylic acids is 1. The second-order valence-corrected chi connectivity index (χ2v) is 8.58. The van der Waals surface area contributed by atoms with E-state index in [1.54, 1.807) is 16.9 Å². The first-order chi connectivity index (χ1) is 15.0. The first-order valence-corrected chi connectivity index (χ1v) is 10.4. The van der Waals surface area contributed by atoms with Gasteiger partial charge in [-0.1, -0.05) is 11.2 Å². The Labute approximate surface area is 178 Å². The Morgan fingerprint density at radius 3 is 2.68 bits per heavy atom. The summed E-state index contributed by atoms with van der Waals surface area (Å²) in [4.78, 5) is 15.2. The molecule has 6 rings (SSSR count). The first-order valence-electron chi connectivity index (χ1n) is 10.4. The molecule has 2 atom stereocenters. The fourth-order valence-corrected chi connectivity index (χ4v) is 5.17. The van der Waals surface area contributed by atoms with Gasteiger partial charge in [-0.2, -0.15) is 5.10 Å². The Kier molecular flexibility index (Phi) is 3.92.